The van der Waals surface area contributed by atoms with Crippen molar-refractivity contribution in [3.05, 3.63) is 11.3 Å². The lowest BCUT2D eigenvalue weighted by atomic mass is 9.98. The molecule has 88 valence electrons. The van der Waals surface area contributed by atoms with Crippen LogP contribution in [-0.2, 0) is 19.1 Å². The first kappa shape index (κ1) is 11.0. The van der Waals surface area contributed by atoms with Gasteiger partial charge in [0.2, 0.25) is 0 Å². The summed E-state index contributed by atoms with van der Waals surface area (Å²) < 4.78 is 9.75. The molecule has 2 aliphatic rings. The van der Waals surface area contributed by atoms with Crippen LogP contribution in [0.3, 0.4) is 0 Å². The molecule has 2 aliphatic heterocycles. The number of fused-ring (bicyclic) bond motifs is 1. The number of ether oxygens (including phenoxy) is 2. The van der Waals surface area contributed by atoms with Gasteiger partial charge in [-0.2, -0.15) is 0 Å². The summed E-state index contributed by atoms with van der Waals surface area (Å²) in [4.78, 5) is 25.3. The summed E-state index contributed by atoms with van der Waals surface area (Å²) in [5.74, 6) is -0.494. The Morgan fingerprint density at radius 3 is 2.75 bits per heavy atom. The number of nitrogens with zero attached hydrogens (tertiary/aromatic N) is 1. The van der Waals surface area contributed by atoms with Crippen LogP contribution in [-0.4, -0.2) is 43.6 Å². The average molecular weight is 225 g/mol. The summed E-state index contributed by atoms with van der Waals surface area (Å²) in [5.41, 5.74) is 0.384. The van der Waals surface area contributed by atoms with Gasteiger partial charge in [-0.25, -0.2) is 4.79 Å². The summed E-state index contributed by atoms with van der Waals surface area (Å²) in [6.07, 6.45) is 2.81. The van der Waals surface area contributed by atoms with E-state index in [2.05, 4.69) is 0 Å². The standard InChI is InChI=1S/C11H15NO4/c1-15-9-8(11(14)16-2)7-5-3-4-6-12(7)10(9)13/h7H,3-6H2,1-2H3. The van der Waals surface area contributed by atoms with Crippen molar-refractivity contribution in [2.24, 2.45) is 0 Å². The zero-order valence-electron chi connectivity index (χ0n) is 9.49. The van der Waals surface area contributed by atoms with Crippen molar-refractivity contribution < 1.29 is 19.1 Å². The number of hydrogen-bond acceptors (Lipinski definition) is 4. The molecule has 0 aromatic heterocycles. The minimum absolute atomic E-state index is 0.149. The fourth-order valence-corrected chi connectivity index (χ4v) is 2.41. The molecule has 1 atom stereocenters. The number of carbonyl (C=O) groups excluding carboxylic acids is 2. The molecule has 2 rings (SSSR count). The number of methoxy groups -OCH3 is 2. The van der Waals surface area contributed by atoms with Gasteiger partial charge in [-0.05, 0) is 19.3 Å². The van der Waals surface area contributed by atoms with E-state index < -0.39 is 5.97 Å². The monoisotopic (exact) mass is 225 g/mol. The van der Waals surface area contributed by atoms with Crippen LogP contribution in [0.15, 0.2) is 11.3 Å². The maximum absolute atomic E-state index is 11.9. The molecule has 16 heavy (non-hydrogen) atoms. The van der Waals surface area contributed by atoms with Gasteiger partial charge in [0, 0.05) is 6.54 Å². The van der Waals surface area contributed by atoms with Crippen LogP contribution in [0, 0.1) is 0 Å². The summed E-state index contributed by atoms with van der Waals surface area (Å²) in [5, 5.41) is 0. The molecule has 1 saturated heterocycles. The molecule has 0 aromatic carbocycles. The average Bonchev–Trinajstić information content (AvgIpc) is 2.62. The van der Waals surface area contributed by atoms with Crippen LogP contribution in [0.4, 0.5) is 0 Å². The van der Waals surface area contributed by atoms with Crippen molar-refractivity contribution in [1.29, 1.82) is 0 Å². The Labute approximate surface area is 94.0 Å². The molecule has 0 radical (unpaired) electrons. The minimum atomic E-state index is -0.459. The Hall–Kier alpha value is -1.52. The first-order chi connectivity index (χ1) is 7.70. The lowest BCUT2D eigenvalue weighted by Gasteiger charge is -2.30. The molecular formula is C11H15NO4. The second-order valence-electron chi connectivity index (χ2n) is 3.95. The molecule has 1 unspecified atom stereocenters. The molecule has 1 fully saturated rings. The highest BCUT2D eigenvalue weighted by atomic mass is 16.5. The molecule has 5 heteroatoms. The van der Waals surface area contributed by atoms with E-state index in [0.29, 0.717) is 12.1 Å². The van der Waals surface area contributed by atoms with Gasteiger partial charge in [0.15, 0.2) is 5.76 Å². The highest BCUT2D eigenvalue weighted by Crippen LogP contribution is 2.33. The lowest BCUT2D eigenvalue weighted by molar-refractivity contribution is -0.136. The number of piperidine rings is 1. The molecule has 5 nitrogen and oxygen atoms in total. The fraction of sp³-hybridized carbons (Fsp3) is 0.636. The van der Waals surface area contributed by atoms with Gasteiger partial charge in [-0.15, -0.1) is 0 Å². The zero-order valence-corrected chi connectivity index (χ0v) is 9.49. The number of carbonyl (C=O) groups is 2. The van der Waals surface area contributed by atoms with Crippen molar-refractivity contribution in [3.8, 4) is 0 Å². The van der Waals surface area contributed by atoms with E-state index in [4.69, 9.17) is 9.47 Å². The highest BCUT2D eigenvalue weighted by Gasteiger charge is 2.44. The van der Waals surface area contributed by atoms with Gasteiger partial charge in [-0.1, -0.05) is 0 Å². The van der Waals surface area contributed by atoms with E-state index in [1.165, 1.54) is 14.2 Å². The largest absolute Gasteiger partial charge is 0.491 e. The van der Waals surface area contributed by atoms with Crippen LogP contribution in [0.25, 0.3) is 0 Å². The third kappa shape index (κ3) is 1.47. The van der Waals surface area contributed by atoms with Crippen molar-refractivity contribution >= 4 is 11.9 Å². The number of esters is 1. The third-order valence-corrected chi connectivity index (χ3v) is 3.15. The first-order valence-corrected chi connectivity index (χ1v) is 5.38. The van der Waals surface area contributed by atoms with Crippen LogP contribution in [0.5, 0.6) is 0 Å². The predicted octanol–water partition coefficient (Wildman–Crippen LogP) is 0.455. The molecule has 0 aromatic rings. The molecule has 0 N–H and O–H groups in total. The summed E-state index contributed by atoms with van der Waals surface area (Å²) in [6.45, 7) is 0.691. The normalized spacial score (nSPS) is 24.5. The summed E-state index contributed by atoms with van der Waals surface area (Å²) in [6, 6.07) is -0.149. The predicted molar refractivity (Wildman–Crippen MR) is 55.4 cm³/mol. The molecular weight excluding hydrogens is 210 g/mol. The van der Waals surface area contributed by atoms with Crippen LogP contribution in [0.2, 0.25) is 0 Å². The Morgan fingerprint density at radius 1 is 1.38 bits per heavy atom. The van der Waals surface area contributed by atoms with Crippen molar-refractivity contribution in [1.82, 2.24) is 4.90 Å². The van der Waals surface area contributed by atoms with E-state index >= 15 is 0 Å². The zero-order chi connectivity index (χ0) is 11.7. The highest BCUT2D eigenvalue weighted by molar-refractivity contribution is 6.06. The van der Waals surface area contributed by atoms with Crippen molar-refractivity contribution in [2.75, 3.05) is 20.8 Å². The molecule has 0 saturated carbocycles. The van der Waals surface area contributed by atoms with Crippen molar-refractivity contribution in [3.63, 3.8) is 0 Å². The Morgan fingerprint density at radius 2 is 2.12 bits per heavy atom. The van der Waals surface area contributed by atoms with E-state index in [1.54, 1.807) is 4.90 Å². The number of rotatable bonds is 2. The van der Waals surface area contributed by atoms with Gasteiger partial charge in [0.25, 0.3) is 5.91 Å². The SMILES string of the molecule is COC(=O)C1=C(OC)C(=O)N2CCCCC12. The van der Waals surface area contributed by atoms with E-state index in [9.17, 15) is 9.59 Å². The third-order valence-electron chi connectivity index (χ3n) is 3.15. The number of hydrogen-bond donors (Lipinski definition) is 0. The van der Waals surface area contributed by atoms with Crippen molar-refractivity contribution in [2.45, 2.75) is 25.3 Å². The Balaban J connectivity index is 2.38. The molecule has 0 aliphatic carbocycles. The minimum Gasteiger partial charge on any atom is -0.491 e. The van der Waals surface area contributed by atoms with E-state index in [1.807, 2.05) is 0 Å². The second-order valence-corrected chi connectivity index (χ2v) is 3.95. The van der Waals surface area contributed by atoms with Gasteiger partial charge in [0.05, 0.1) is 20.3 Å². The molecule has 2 heterocycles. The van der Waals surface area contributed by atoms with Crippen LogP contribution in [0.1, 0.15) is 19.3 Å². The maximum atomic E-state index is 11.9. The second kappa shape index (κ2) is 4.15. The molecule has 0 bridgehead atoms. The molecule has 1 amide bonds. The number of amides is 1. The van der Waals surface area contributed by atoms with E-state index in [-0.39, 0.29) is 17.7 Å². The van der Waals surface area contributed by atoms with Gasteiger partial charge >= 0.3 is 5.97 Å². The molecule has 0 spiro atoms. The van der Waals surface area contributed by atoms with Gasteiger partial charge < -0.3 is 14.4 Å². The van der Waals surface area contributed by atoms with E-state index in [0.717, 1.165) is 19.3 Å². The quantitative estimate of drug-likeness (QED) is 0.640. The van der Waals surface area contributed by atoms with Gasteiger partial charge in [-0.3, -0.25) is 4.79 Å². The first-order valence-electron chi connectivity index (χ1n) is 5.38. The summed E-state index contributed by atoms with van der Waals surface area (Å²) >= 11 is 0. The smallest absolute Gasteiger partial charge is 0.339 e. The summed E-state index contributed by atoms with van der Waals surface area (Å²) in [7, 11) is 2.73. The topological polar surface area (TPSA) is 55.8 Å². The maximum Gasteiger partial charge on any atom is 0.339 e. The van der Waals surface area contributed by atoms with Crippen LogP contribution >= 0.6 is 0 Å². The Kier molecular flexibility index (Phi) is 2.85. The lowest BCUT2D eigenvalue weighted by Crippen LogP contribution is -2.40. The van der Waals surface area contributed by atoms with Crippen LogP contribution < -0.4 is 0 Å². The Bertz CT molecular complexity index is 361. The van der Waals surface area contributed by atoms with Gasteiger partial charge in [0.1, 0.15) is 5.57 Å². The fourth-order valence-electron chi connectivity index (χ4n) is 2.41.